The summed E-state index contributed by atoms with van der Waals surface area (Å²) in [6.45, 7) is 11.7. The topological polar surface area (TPSA) is 62.7 Å². The Bertz CT molecular complexity index is 468. The fourth-order valence-electron chi connectivity index (χ4n) is 2.45. The van der Waals surface area contributed by atoms with Gasteiger partial charge in [0, 0.05) is 26.2 Å². The van der Waals surface area contributed by atoms with Gasteiger partial charge in [0.2, 0.25) is 0 Å². The van der Waals surface area contributed by atoms with Crippen molar-refractivity contribution in [3.63, 3.8) is 0 Å². The maximum Gasteiger partial charge on any atom is 0.257 e. The molecule has 0 radical (unpaired) electrons. The van der Waals surface area contributed by atoms with E-state index < -0.39 is 0 Å². The summed E-state index contributed by atoms with van der Waals surface area (Å²) in [6.07, 6.45) is 2.69. The highest BCUT2D eigenvalue weighted by Gasteiger charge is 2.24. The smallest absolute Gasteiger partial charge is 0.257 e. The van der Waals surface area contributed by atoms with Gasteiger partial charge in [-0.25, -0.2) is 0 Å². The first kappa shape index (κ1) is 16.0. The van der Waals surface area contributed by atoms with Crippen molar-refractivity contribution in [1.29, 1.82) is 0 Å². The Balaban J connectivity index is 1.82. The summed E-state index contributed by atoms with van der Waals surface area (Å²) < 4.78 is 5.24. The van der Waals surface area contributed by atoms with E-state index in [1.807, 2.05) is 4.90 Å². The number of carbonyl (C=O) groups excluding carboxylic acids is 1. The number of furan rings is 1. The minimum absolute atomic E-state index is 0.0499. The van der Waals surface area contributed by atoms with E-state index in [0.29, 0.717) is 23.3 Å². The summed E-state index contributed by atoms with van der Waals surface area (Å²) in [7, 11) is 0. The quantitative estimate of drug-likeness (QED) is 0.921. The summed E-state index contributed by atoms with van der Waals surface area (Å²) in [5.41, 5.74) is 6.48. The van der Waals surface area contributed by atoms with Crippen molar-refractivity contribution in [2.75, 3.05) is 32.7 Å². The van der Waals surface area contributed by atoms with Crippen LogP contribution in [0.25, 0.3) is 0 Å². The van der Waals surface area contributed by atoms with Gasteiger partial charge in [-0.2, -0.15) is 0 Å². The Morgan fingerprint density at radius 2 is 1.95 bits per heavy atom. The zero-order valence-electron chi connectivity index (χ0n) is 13.4. The highest BCUT2D eigenvalue weighted by Crippen LogP contribution is 2.19. The summed E-state index contributed by atoms with van der Waals surface area (Å²) in [5.74, 6) is 0.705. The maximum atomic E-state index is 12.4. The van der Waals surface area contributed by atoms with Crippen molar-refractivity contribution in [2.24, 2.45) is 11.1 Å². The molecule has 1 aromatic heterocycles. The lowest BCUT2D eigenvalue weighted by Gasteiger charge is -2.35. The summed E-state index contributed by atoms with van der Waals surface area (Å²) in [6, 6.07) is 1.74. The molecular formula is C16H27N3O2. The van der Waals surface area contributed by atoms with Crippen molar-refractivity contribution in [2.45, 2.75) is 33.7 Å². The highest BCUT2D eigenvalue weighted by atomic mass is 16.3. The minimum Gasteiger partial charge on any atom is -0.467 e. The highest BCUT2D eigenvalue weighted by molar-refractivity contribution is 5.94. The summed E-state index contributed by atoms with van der Waals surface area (Å²) in [4.78, 5) is 16.7. The Labute approximate surface area is 127 Å². The van der Waals surface area contributed by atoms with Crippen LogP contribution in [0.4, 0.5) is 0 Å². The first-order valence-corrected chi connectivity index (χ1v) is 7.68. The van der Waals surface area contributed by atoms with Gasteiger partial charge < -0.3 is 15.1 Å². The first-order valence-electron chi connectivity index (χ1n) is 7.68. The van der Waals surface area contributed by atoms with Crippen LogP contribution >= 0.6 is 0 Å². The van der Waals surface area contributed by atoms with Crippen LogP contribution in [-0.2, 0) is 6.54 Å². The van der Waals surface area contributed by atoms with Crippen LogP contribution in [0, 0.1) is 5.41 Å². The number of amides is 1. The van der Waals surface area contributed by atoms with Crippen LogP contribution in [0.5, 0.6) is 0 Å². The standard InChI is InChI=1S/C16H27N3O2/c1-16(2,3)4-5-18-6-8-19(9-7-18)15(20)13-10-14(11-17)21-12-13/h10,12H,4-9,11,17H2,1-3H3. The molecular weight excluding hydrogens is 266 g/mol. The fraction of sp³-hybridized carbons (Fsp3) is 0.688. The molecule has 1 aliphatic rings. The third-order valence-electron chi connectivity index (χ3n) is 3.94. The van der Waals surface area contributed by atoms with Gasteiger partial charge in [-0.3, -0.25) is 9.69 Å². The van der Waals surface area contributed by atoms with Gasteiger partial charge in [0.05, 0.1) is 12.1 Å². The number of nitrogens with zero attached hydrogens (tertiary/aromatic N) is 2. The molecule has 2 rings (SSSR count). The van der Waals surface area contributed by atoms with Crippen LogP contribution < -0.4 is 5.73 Å². The van der Waals surface area contributed by atoms with E-state index >= 15 is 0 Å². The number of carbonyl (C=O) groups is 1. The van der Waals surface area contributed by atoms with Crippen LogP contribution in [0.1, 0.15) is 43.3 Å². The van der Waals surface area contributed by atoms with Gasteiger partial charge in [-0.1, -0.05) is 20.8 Å². The lowest BCUT2D eigenvalue weighted by atomic mass is 9.92. The molecule has 0 aliphatic carbocycles. The minimum atomic E-state index is 0.0499. The number of rotatable bonds is 4. The molecule has 1 aromatic rings. The van der Waals surface area contributed by atoms with Crippen molar-refractivity contribution in [3.8, 4) is 0 Å². The van der Waals surface area contributed by atoms with Crippen molar-refractivity contribution in [3.05, 3.63) is 23.7 Å². The van der Waals surface area contributed by atoms with E-state index in [9.17, 15) is 4.79 Å². The Morgan fingerprint density at radius 1 is 1.29 bits per heavy atom. The lowest BCUT2D eigenvalue weighted by Crippen LogP contribution is -2.49. The van der Waals surface area contributed by atoms with Gasteiger partial charge >= 0.3 is 0 Å². The van der Waals surface area contributed by atoms with E-state index in [-0.39, 0.29) is 5.91 Å². The molecule has 0 spiro atoms. The first-order chi connectivity index (χ1) is 9.89. The molecule has 118 valence electrons. The van der Waals surface area contributed by atoms with Gasteiger partial charge in [0.15, 0.2) is 0 Å². The Kier molecular flexibility index (Phi) is 5.06. The number of hydrogen-bond acceptors (Lipinski definition) is 4. The Morgan fingerprint density at radius 3 is 2.48 bits per heavy atom. The molecule has 21 heavy (non-hydrogen) atoms. The second-order valence-corrected chi connectivity index (χ2v) is 6.95. The van der Waals surface area contributed by atoms with Gasteiger partial charge in [-0.05, 0) is 24.4 Å². The molecule has 0 unspecified atom stereocenters. The molecule has 0 aromatic carbocycles. The lowest BCUT2D eigenvalue weighted by molar-refractivity contribution is 0.0622. The molecule has 5 nitrogen and oxygen atoms in total. The molecule has 1 amide bonds. The molecule has 1 aliphatic heterocycles. The predicted octanol–water partition coefficient (Wildman–Crippen LogP) is 1.93. The number of piperazine rings is 1. The molecule has 1 fully saturated rings. The van der Waals surface area contributed by atoms with Crippen LogP contribution in [-0.4, -0.2) is 48.4 Å². The van der Waals surface area contributed by atoms with Gasteiger partial charge in [-0.15, -0.1) is 0 Å². The second-order valence-electron chi connectivity index (χ2n) is 6.95. The van der Waals surface area contributed by atoms with Crippen LogP contribution in [0.2, 0.25) is 0 Å². The monoisotopic (exact) mass is 293 g/mol. The molecule has 1 saturated heterocycles. The molecule has 5 heteroatoms. The van der Waals surface area contributed by atoms with E-state index in [1.165, 1.54) is 12.7 Å². The van der Waals surface area contributed by atoms with E-state index in [4.69, 9.17) is 10.2 Å². The number of nitrogens with two attached hydrogens (primary N) is 1. The van der Waals surface area contributed by atoms with Crippen LogP contribution in [0.15, 0.2) is 16.7 Å². The summed E-state index contributed by atoms with van der Waals surface area (Å²) in [5, 5.41) is 0. The normalized spacial score (nSPS) is 17.2. The molecule has 2 N–H and O–H groups in total. The third-order valence-corrected chi connectivity index (χ3v) is 3.94. The molecule has 2 heterocycles. The van der Waals surface area contributed by atoms with E-state index in [1.54, 1.807) is 6.07 Å². The fourth-order valence-corrected chi connectivity index (χ4v) is 2.45. The van der Waals surface area contributed by atoms with E-state index in [2.05, 4.69) is 25.7 Å². The molecule has 0 saturated carbocycles. The second kappa shape index (κ2) is 6.62. The van der Waals surface area contributed by atoms with Crippen molar-refractivity contribution >= 4 is 5.91 Å². The van der Waals surface area contributed by atoms with Crippen molar-refractivity contribution < 1.29 is 9.21 Å². The predicted molar refractivity (Wildman–Crippen MR) is 83.0 cm³/mol. The maximum absolute atomic E-state index is 12.4. The average Bonchev–Trinajstić information content (AvgIpc) is 2.93. The summed E-state index contributed by atoms with van der Waals surface area (Å²) >= 11 is 0. The van der Waals surface area contributed by atoms with Gasteiger partial charge in [0.25, 0.3) is 5.91 Å². The number of hydrogen-bond donors (Lipinski definition) is 1. The van der Waals surface area contributed by atoms with Crippen molar-refractivity contribution in [1.82, 2.24) is 9.80 Å². The largest absolute Gasteiger partial charge is 0.467 e. The third kappa shape index (κ3) is 4.58. The molecule has 0 bridgehead atoms. The van der Waals surface area contributed by atoms with Crippen LogP contribution in [0.3, 0.4) is 0 Å². The average molecular weight is 293 g/mol. The SMILES string of the molecule is CC(C)(C)CCN1CCN(C(=O)c2coc(CN)c2)CC1. The van der Waals surface area contributed by atoms with E-state index in [0.717, 1.165) is 32.7 Å². The zero-order valence-corrected chi connectivity index (χ0v) is 13.4. The Hall–Kier alpha value is -1.33. The molecule has 0 atom stereocenters. The van der Waals surface area contributed by atoms with Gasteiger partial charge in [0.1, 0.15) is 12.0 Å². The zero-order chi connectivity index (χ0) is 15.5.